The molecule has 0 heterocycles. The van der Waals surface area contributed by atoms with Crippen molar-refractivity contribution in [1.82, 2.24) is 24.6 Å². The van der Waals surface area contributed by atoms with E-state index in [1.807, 2.05) is 0 Å². The molecule has 0 fully saturated rings. The molecule has 0 saturated heterocycles. The van der Waals surface area contributed by atoms with Crippen molar-refractivity contribution >= 4 is 23.9 Å². The predicted molar refractivity (Wildman–Crippen MR) is 44.0 cm³/mol. The summed E-state index contributed by atoms with van der Waals surface area (Å²) in [7, 11) is 0. The van der Waals surface area contributed by atoms with Gasteiger partial charge in [-0.1, -0.05) is 0 Å². The summed E-state index contributed by atoms with van der Waals surface area (Å²) in [6, 6.07) is 0. The zero-order chi connectivity index (χ0) is 10.3. The van der Waals surface area contributed by atoms with Gasteiger partial charge in [-0.05, 0) is 0 Å². The molecule has 100 valence electrons. The van der Waals surface area contributed by atoms with Crippen molar-refractivity contribution in [2.75, 3.05) is 0 Å². The number of carboxylic acids is 4. The molecule has 0 aromatic carbocycles. The first-order valence-corrected chi connectivity index (χ1v) is 2.13. The Bertz CT molecular complexity index is 180. The van der Waals surface area contributed by atoms with Crippen LogP contribution >= 0.6 is 0 Å². The molecule has 0 aromatic heterocycles. The van der Waals surface area contributed by atoms with Crippen LogP contribution in [0.1, 0.15) is 0 Å². The molecule has 0 aliphatic rings. The monoisotopic (exact) mass is 248 g/mol. The van der Waals surface area contributed by atoms with Crippen molar-refractivity contribution in [3.8, 4) is 0 Å². The van der Waals surface area contributed by atoms with Crippen molar-refractivity contribution < 1.29 is 39.6 Å². The third-order valence-corrected chi connectivity index (χ3v) is 0.333. The van der Waals surface area contributed by atoms with Gasteiger partial charge in [-0.15, -0.1) is 0 Å². The number of quaternary nitrogens is 4. The summed E-state index contributed by atoms with van der Waals surface area (Å²) in [4.78, 5) is 35.7. The van der Waals surface area contributed by atoms with Crippen LogP contribution in [0.25, 0.3) is 0 Å². The molecule has 0 unspecified atom stereocenters. The Morgan fingerprint density at radius 3 is 0.500 bits per heavy atom. The molecule has 16 N–H and O–H groups in total. The summed E-state index contributed by atoms with van der Waals surface area (Å²) < 4.78 is 0. The number of carbonyl (C=O) groups excluding carboxylic acids is 4. The zero-order valence-electron chi connectivity index (χ0n) is 9.27. The Hall–Kier alpha value is -2.28. The SMILES string of the molecule is O=C([O-])C(=O)[O-].O=C([O-])C(=O)[O-].[NH4+].[NH4+].[NH4+].[NH4+]. The van der Waals surface area contributed by atoms with E-state index in [2.05, 4.69) is 0 Å². The van der Waals surface area contributed by atoms with Crippen LogP contribution in [0.4, 0.5) is 0 Å². The third kappa shape index (κ3) is 41.2. The molecule has 0 spiro atoms. The third-order valence-electron chi connectivity index (χ3n) is 0.333. The molecule has 0 aromatic rings. The molecular formula is C4H16N4O8. The van der Waals surface area contributed by atoms with Gasteiger partial charge in [0.2, 0.25) is 0 Å². The van der Waals surface area contributed by atoms with Gasteiger partial charge in [0, 0.05) is 0 Å². The Labute approximate surface area is 89.2 Å². The maximum Gasteiger partial charge on any atom is 0.0870 e. The summed E-state index contributed by atoms with van der Waals surface area (Å²) >= 11 is 0. The molecule has 0 radical (unpaired) electrons. The maximum atomic E-state index is 8.93. The highest BCUT2D eigenvalue weighted by molar-refractivity contribution is 6.25. The fourth-order valence-corrected chi connectivity index (χ4v) is 0. The number of hydrogen-bond acceptors (Lipinski definition) is 8. The number of aliphatic carboxylic acids is 4. The lowest BCUT2D eigenvalue weighted by molar-refractivity contribution is -0.345. The Morgan fingerprint density at radius 2 is 0.500 bits per heavy atom. The topological polar surface area (TPSA) is 307 Å². The Balaban J connectivity index is -0.0000000250. The highest BCUT2D eigenvalue weighted by Gasteiger charge is 1.75. The van der Waals surface area contributed by atoms with E-state index in [0.29, 0.717) is 0 Å². The Morgan fingerprint density at radius 1 is 0.438 bits per heavy atom. The van der Waals surface area contributed by atoms with Crippen LogP contribution in [-0.4, -0.2) is 23.9 Å². The van der Waals surface area contributed by atoms with Crippen LogP contribution in [0, 0.1) is 0 Å². The van der Waals surface area contributed by atoms with E-state index in [1.54, 1.807) is 0 Å². The normalized spacial score (nSPS) is 5.50. The van der Waals surface area contributed by atoms with Gasteiger partial charge in [0.1, 0.15) is 0 Å². The summed E-state index contributed by atoms with van der Waals surface area (Å²) in [6.07, 6.45) is 0. The summed E-state index contributed by atoms with van der Waals surface area (Å²) in [5.41, 5.74) is 0. The van der Waals surface area contributed by atoms with Crippen molar-refractivity contribution in [3.05, 3.63) is 0 Å². The lowest BCUT2D eigenvalue weighted by atomic mass is 10.7. The average molecular weight is 248 g/mol. The van der Waals surface area contributed by atoms with Crippen molar-refractivity contribution in [3.63, 3.8) is 0 Å². The molecule has 0 atom stereocenters. The number of hydrogen-bond donors (Lipinski definition) is 4. The molecule has 0 bridgehead atoms. The minimum absolute atomic E-state index is 0. The van der Waals surface area contributed by atoms with E-state index in [0.717, 1.165) is 0 Å². The molecular weight excluding hydrogens is 232 g/mol. The summed E-state index contributed by atoms with van der Waals surface area (Å²) in [5.74, 6) is -8.74. The molecule has 0 rings (SSSR count). The van der Waals surface area contributed by atoms with E-state index in [-0.39, 0.29) is 24.6 Å². The van der Waals surface area contributed by atoms with Gasteiger partial charge in [0.15, 0.2) is 0 Å². The van der Waals surface area contributed by atoms with Gasteiger partial charge >= 0.3 is 0 Å². The summed E-state index contributed by atoms with van der Waals surface area (Å²) in [6.45, 7) is 0. The van der Waals surface area contributed by atoms with Crippen LogP contribution in [0.5, 0.6) is 0 Å². The van der Waals surface area contributed by atoms with Crippen LogP contribution in [0.15, 0.2) is 0 Å². The van der Waals surface area contributed by atoms with E-state index in [9.17, 15) is 0 Å². The van der Waals surface area contributed by atoms with Crippen molar-refractivity contribution in [2.45, 2.75) is 0 Å². The van der Waals surface area contributed by atoms with E-state index < -0.39 is 23.9 Å². The standard InChI is InChI=1S/2C2H2O4.4H3N/c2*3-1(4)2(5)6;;;;/h2*(H,3,4)(H,5,6);4*1H3. The molecule has 0 aliphatic heterocycles. The average Bonchev–Trinajstić information content (AvgIpc) is 1.88. The van der Waals surface area contributed by atoms with Crippen LogP contribution in [-0.2, 0) is 19.2 Å². The highest BCUT2D eigenvalue weighted by Crippen LogP contribution is 1.41. The molecule has 12 heteroatoms. The lowest BCUT2D eigenvalue weighted by Crippen LogP contribution is -2.42. The van der Waals surface area contributed by atoms with E-state index >= 15 is 0 Å². The molecule has 0 aliphatic carbocycles. The molecule has 16 heavy (non-hydrogen) atoms. The van der Waals surface area contributed by atoms with Crippen molar-refractivity contribution in [1.29, 1.82) is 0 Å². The summed E-state index contributed by atoms with van der Waals surface area (Å²) in [5, 5.41) is 35.7. The molecule has 12 nitrogen and oxygen atoms in total. The van der Waals surface area contributed by atoms with E-state index in [4.69, 9.17) is 39.6 Å². The second-order valence-electron chi connectivity index (χ2n) is 1.15. The fraction of sp³-hybridized carbons (Fsp3) is 0. The van der Waals surface area contributed by atoms with Crippen LogP contribution in [0.3, 0.4) is 0 Å². The smallest absolute Gasteiger partial charge is 0.0870 e. The highest BCUT2D eigenvalue weighted by atomic mass is 16.4. The first kappa shape index (κ1) is 37.2. The van der Waals surface area contributed by atoms with Gasteiger partial charge in [-0.3, -0.25) is 0 Å². The lowest BCUT2D eigenvalue weighted by Gasteiger charge is -1.97. The molecule has 0 amide bonds. The molecule has 0 saturated carbocycles. The van der Waals surface area contributed by atoms with E-state index in [1.165, 1.54) is 0 Å². The predicted octanol–water partition coefficient (Wildman–Crippen LogP) is -5.52. The minimum atomic E-state index is -2.19. The van der Waals surface area contributed by atoms with Gasteiger partial charge in [0.25, 0.3) is 0 Å². The largest absolute Gasteiger partial charge is 0.543 e. The van der Waals surface area contributed by atoms with Crippen LogP contribution in [0.2, 0.25) is 0 Å². The quantitative estimate of drug-likeness (QED) is 0.298. The minimum Gasteiger partial charge on any atom is -0.543 e. The van der Waals surface area contributed by atoms with Crippen molar-refractivity contribution in [2.24, 2.45) is 0 Å². The zero-order valence-corrected chi connectivity index (χ0v) is 9.27. The van der Waals surface area contributed by atoms with Gasteiger partial charge in [-0.2, -0.15) is 0 Å². The van der Waals surface area contributed by atoms with Gasteiger partial charge in [0.05, 0.1) is 23.9 Å². The van der Waals surface area contributed by atoms with Gasteiger partial charge < -0.3 is 64.2 Å². The fourth-order valence-electron chi connectivity index (χ4n) is 0. The number of carboxylic acid groups (broad SMARTS) is 4. The first-order chi connectivity index (χ1) is 5.29. The number of rotatable bonds is 0. The first-order valence-electron chi connectivity index (χ1n) is 2.13. The second kappa shape index (κ2) is 18.5. The van der Waals surface area contributed by atoms with Gasteiger partial charge in [-0.25, -0.2) is 0 Å². The number of carbonyl (C=O) groups is 4. The van der Waals surface area contributed by atoms with Crippen LogP contribution < -0.4 is 45.0 Å². The maximum absolute atomic E-state index is 8.93. The second-order valence-corrected chi connectivity index (χ2v) is 1.15. The Kier molecular flexibility index (Phi) is 43.1.